The van der Waals surface area contributed by atoms with Crippen molar-refractivity contribution in [3.8, 4) is 22.5 Å². The first-order valence-corrected chi connectivity index (χ1v) is 14.5. The molecule has 9 rings (SSSR count). The Morgan fingerprint density at radius 3 is 2.24 bits per heavy atom. The average Bonchev–Trinajstić information content (AvgIpc) is 3.43. The van der Waals surface area contributed by atoms with Crippen molar-refractivity contribution in [3.63, 3.8) is 0 Å². The highest BCUT2D eigenvalue weighted by atomic mass is 32.1. The maximum Gasteiger partial charge on any atom is 0.0972 e. The minimum absolute atomic E-state index is 0.924. The lowest BCUT2D eigenvalue weighted by molar-refractivity contribution is 1.37. The summed E-state index contributed by atoms with van der Waals surface area (Å²) >= 11 is 1.87. The Hall–Kier alpha value is -5.19. The Bertz CT molecular complexity index is 2490. The molecule has 0 unspecified atom stereocenters. The van der Waals surface area contributed by atoms with E-state index >= 15 is 0 Å². The number of rotatable bonds is 2. The zero-order chi connectivity index (χ0) is 26.9. The molecule has 3 nitrogen and oxygen atoms in total. The van der Waals surface area contributed by atoms with Crippen molar-refractivity contribution in [2.75, 3.05) is 0 Å². The molecule has 4 heteroatoms. The van der Waals surface area contributed by atoms with Crippen molar-refractivity contribution in [1.82, 2.24) is 15.0 Å². The van der Waals surface area contributed by atoms with Crippen molar-refractivity contribution >= 4 is 75.0 Å². The van der Waals surface area contributed by atoms with Crippen LogP contribution in [0, 0.1) is 0 Å². The van der Waals surface area contributed by atoms with E-state index in [2.05, 4.69) is 120 Å². The molecular weight excluding hydrogens is 518 g/mol. The van der Waals surface area contributed by atoms with Crippen molar-refractivity contribution in [2.45, 2.75) is 0 Å². The fraction of sp³-hybridized carbons (Fsp3) is 0. The maximum absolute atomic E-state index is 5.23. The smallest absolute Gasteiger partial charge is 0.0972 e. The van der Waals surface area contributed by atoms with Gasteiger partial charge in [-0.1, -0.05) is 91.0 Å². The van der Waals surface area contributed by atoms with E-state index in [1.165, 1.54) is 36.3 Å². The molecule has 0 bridgehead atoms. The van der Waals surface area contributed by atoms with Gasteiger partial charge in [-0.2, -0.15) is 0 Å². The van der Waals surface area contributed by atoms with Crippen LogP contribution >= 0.6 is 11.3 Å². The van der Waals surface area contributed by atoms with Crippen LogP contribution in [0.1, 0.15) is 0 Å². The van der Waals surface area contributed by atoms with Crippen LogP contribution in [-0.2, 0) is 0 Å². The molecule has 0 amide bonds. The van der Waals surface area contributed by atoms with Gasteiger partial charge in [0, 0.05) is 64.4 Å². The van der Waals surface area contributed by atoms with Gasteiger partial charge in [0.05, 0.1) is 27.9 Å². The zero-order valence-corrected chi connectivity index (χ0v) is 22.7. The number of hydrogen-bond donors (Lipinski definition) is 0. The zero-order valence-electron chi connectivity index (χ0n) is 21.9. The first-order chi connectivity index (χ1) is 20.3. The van der Waals surface area contributed by atoms with E-state index in [9.17, 15) is 0 Å². The summed E-state index contributed by atoms with van der Waals surface area (Å²) in [7, 11) is 0. The summed E-state index contributed by atoms with van der Waals surface area (Å²) in [6.45, 7) is 0. The van der Waals surface area contributed by atoms with E-state index in [1.54, 1.807) is 0 Å². The Morgan fingerprint density at radius 2 is 1.29 bits per heavy atom. The third kappa shape index (κ3) is 3.41. The highest BCUT2D eigenvalue weighted by Crippen LogP contribution is 2.43. The SMILES string of the molecule is c1cc(-c2ccc3ccc4cccnc4c3n2)cc(-c2nc3ccccc3c3c2ccc2c4ccccc4sc23)c1. The summed E-state index contributed by atoms with van der Waals surface area (Å²) in [6.07, 6.45) is 1.83. The van der Waals surface area contributed by atoms with Crippen LogP contribution < -0.4 is 0 Å². The molecule has 0 aliphatic carbocycles. The lowest BCUT2D eigenvalue weighted by atomic mass is 9.96. The molecule has 41 heavy (non-hydrogen) atoms. The lowest BCUT2D eigenvalue weighted by Gasteiger charge is -2.12. The number of nitrogens with zero attached hydrogens (tertiary/aromatic N) is 3. The molecule has 0 radical (unpaired) electrons. The van der Waals surface area contributed by atoms with Crippen molar-refractivity contribution in [3.05, 3.63) is 128 Å². The monoisotopic (exact) mass is 539 g/mol. The van der Waals surface area contributed by atoms with E-state index in [0.29, 0.717) is 0 Å². The molecule has 0 spiro atoms. The topological polar surface area (TPSA) is 38.7 Å². The van der Waals surface area contributed by atoms with Crippen LogP contribution in [0.3, 0.4) is 0 Å². The number of thiophene rings is 1. The molecule has 5 aromatic carbocycles. The van der Waals surface area contributed by atoms with E-state index in [-0.39, 0.29) is 0 Å². The first-order valence-electron chi connectivity index (χ1n) is 13.7. The van der Waals surface area contributed by atoms with Crippen LogP contribution in [0.2, 0.25) is 0 Å². The van der Waals surface area contributed by atoms with E-state index in [4.69, 9.17) is 9.97 Å². The quantitative estimate of drug-likeness (QED) is 0.205. The number of fused-ring (bicyclic) bond motifs is 10. The van der Waals surface area contributed by atoms with Gasteiger partial charge < -0.3 is 0 Å². The van der Waals surface area contributed by atoms with Crippen molar-refractivity contribution < 1.29 is 0 Å². The Kier molecular flexibility index (Phi) is 4.77. The number of benzene rings is 5. The van der Waals surface area contributed by atoms with Gasteiger partial charge in [0.1, 0.15) is 0 Å². The van der Waals surface area contributed by atoms with Gasteiger partial charge in [-0.15, -0.1) is 11.3 Å². The van der Waals surface area contributed by atoms with Gasteiger partial charge >= 0.3 is 0 Å². The van der Waals surface area contributed by atoms with Crippen molar-refractivity contribution in [2.24, 2.45) is 0 Å². The van der Waals surface area contributed by atoms with Gasteiger partial charge in [0.25, 0.3) is 0 Å². The van der Waals surface area contributed by atoms with E-state index < -0.39 is 0 Å². The molecule has 190 valence electrons. The van der Waals surface area contributed by atoms with Crippen LogP contribution in [-0.4, -0.2) is 15.0 Å². The van der Waals surface area contributed by atoms with Gasteiger partial charge in [-0.3, -0.25) is 4.98 Å². The van der Waals surface area contributed by atoms with Crippen molar-refractivity contribution in [1.29, 1.82) is 0 Å². The highest BCUT2D eigenvalue weighted by molar-refractivity contribution is 7.26. The predicted octanol–water partition coefficient (Wildman–Crippen LogP) is 10.2. The van der Waals surface area contributed by atoms with Crippen LogP contribution in [0.25, 0.3) is 86.2 Å². The molecule has 0 aliphatic rings. The summed E-state index contributed by atoms with van der Waals surface area (Å²) in [6, 6.07) is 42.9. The standard InChI is InChI=1S/C37H21N3S/c1-3-12-31-28(11-1)33-29(18-17-27-26-10-2-4-13-32(26)41-37(27)33)34(40-31)25-8-5-7-24(21-25)30-19-16-23-15-14-22-9-6-20-38-35(22)36(23)39-30/h1-21H. The molecule has 0 saturated carbocycles. The lowest BCUT2D eigenvalue weighted by Crippen LogP contribution is -1.92. The van der Waals surface area contributed by atoms with Gasteiger partial charge in [0.15, 0.2) is 0 Å². The fourth-order valence-electron chi connectivity index (χ4n) is 6.15. The summed E-state index contributed by atoms with van der Waals surface area (Å²) in [5, 5.41) is 8.43. The fourth-order valence-corrected chi connectivity index (χ4v) is 7.41. The number of pyridine rings is 3. The molecule has 0 aliphatic heterocycles. The van der Waals surface area contributed by atoms with Crippen LogP contribution in [0.4, 0.5) is 0 Å². The average molecular weight is 540 g/mol. The van der Waals surface area contributed by atoms with E-state index in [1.807, 2.05) is 23.6 Å². The predicted molar refractivity (Wildman–Crippen MR) is 174 cm³/mol. The second-order valence-corrected chi connectivity index (χ2v) is 11.5. The molecule has 0 N–H and O–H groups in total. The van der Waals surface area contributed by atoms with Gasteiger partial charge in [-0.25, -0.2) is 9.97 Å². The molecule has 0 saturated heterocycles. The number of aromatic nitrogens is 3. The summed E-state index contributed by atoms with van der Waals surface area (Å²) < 4.78 is 2.62. The normalized spacial score (nSPS) is 11.9. The van der Waals surface area contributed by atoms with Gasteiger partial charge in [-0.05, 0) is 30.3 Å². The first kappa shape index (κ1) is 22.6. The number of para-hydroxylation sites is 1. The third-order valence-electron chi connectivity index (χ3n) is 8.07. The largest absolute Gasteiger partial charge is 0.254 e. The number of hydrogen-bond acceptors (Lipinski definition) is 4. The summed E-state index contributed by atoms with van der Waals surface area (Å²) in [5.74, 6) is 0. The van der Waals surface area contributed by atoms with Gasteiger partial charge in [0.2, 0.25) is 0 Å². The third-order valence-corrected chi connectivity index (χ3v) is 9.28. The van der Waals surface area contributed by atoms with Crippen LogP contribution in [0.15, 0.2) is 128 Å². The minimum atomic E-state index is 0.924. The summed E-state index contributed by atoms with van der Waals surface area (Å²) in [5.41, 5.74) is 6.92. The van der Waals surface area contributed by atoms with Crippen LogP contribution in [0.5, 0.6) is 0 Å². The molecular formula is C37H21N3S. The molecule has 9 aromatic rings. The second kappa shape index (κ2) is 8.65. The molecule has 0 atom stereocenters. The molecule has 4 heterocycles. The maximum atomic E-state index is 5.23. The molecule has 4 aromatic heterocycles. The van der Waals surface area contributed by atoms with E-state index in [0.717, 1.165) is 49.8 Å². The Morgan fingerprint density at radius 1 is 0.512 bits per heavy atom. The molecule has 0 fully saturated rings. The second-order valence-electron chi connectivity index (χ2n) is 10.4. The Labute approximate surface area is 239 Å². The Balaban J connectivity index is 1.30. The highest BCUT2D eigenvalue weighted by Gasteiger charge is 2.16. The minimum Gasteiger partial charge on any atom is -0.254 e. The summed E-state index contributed by atoms with van der Waals surface area (Å²) in [4.78, 5) is 15.0.